The van der Waals surface area contributed by atoms with Crippen LogP contribution in [0.3, 0.4) is 0 Å². The fourth-order valence-corrected chi connectivity index (χ4v) is 2.24. The molecule has 0 aliphatic carbocycles. The number of carbonyl (C=O) groups excluding carboxylic acids is 2. The van der Waals surface area contributed by atoms with E-state index in [1.807, 2.05) is 30.3 Å². The number of hydrogen-bond donors (Lipinski definition) is 3. The highest BCUT2D eigenvalue weighted by Gasteiger charge is 2.27. The molecule has 102 valence electrons. The number of hydrogen-bond acceptors (Lipinski definition) is 3. The molecule has 0 spiro atoms. The molecule has 0 radical (unpaired) electrons. The van der Waals surface area contributed by atoms with E-state index in [1.54, 1.807) is 7.05 Å². The first-order chi connectivity index (χ1) is 9.22. The molecule has 1 aliphatic heterocycles. The maximum Gasteiger partial charge on any atom is 0.246 e. The topological polar surface area (TPSA) is 70.2 Å². The average Bonchev–Trinajstić information content (AvgIpc) is 2.99. The third-order valence-corrected chi connectivity index (χ3v) is 3.30. The summed E-state index contributed by atoms with van der Waals surface area (Å²) >= 11 is 0. The van der Waals surface area contributed by atoms with Crippen molar-refractivity contribution in [3.63, 3.8) is 0 Å². The molecule has 1 aromatic carbocycles. The fourth-order valence-electron chi connectivity index (χ4n) is 2.24. The summed E-state index contributed by atoms with van der Waals surface area (Å²) < 4.78 is 0. The SMILES string of the molecule is CNC(=O)C(NC(=O)C1CCCN1)c1ccccc1. The lowest BCUT2D eigenvalue weighted by Gasteiger charge is -2.20. The highest BCUT2D eigenvalue weighted by molar-refractivity contribution is 5.90. The first-order valence-electron chi connectivity index (χ1n) is 6.52. The van der Waals surface area contributed by atoms with Crippen LogP contribution in [0.2, 0.25) is 0 Å². The van der Waals surface area contributed by atoms with Gasteiger partial charge in [-0.05, 0) is 24.9 Å². The first kappa shape index (κ1) is 13.5. The van der Waals surface area contributed by atoms with Crippen molar-refractivity contribution in [1.29, 1.82) is 0 Å². The van der Waals surface area contributed by atoms with Gasteiger partial charge in [0.15, 0.2) is 0 Å². The van der Waals surface area contributed by atoms with E-state index in [9.17, 15) is 9.59 Å². The van der Waals surface area contributed by atoms with Crippen LogP contribution in [0.4, 0.5) is 0 Å². The van der Waals surface area contributed by atoms with Crippen LogP contribution in [-0.2, 0) is 9.59 Å². The van der Waals surface area contributed by atoms with Crippen LogP contribution in [0.15, 0.2) is 30.3 Å². The first-order valence-corrected chi connectivity index (χ1v) is 6.52. The van der Waals surface area contributed by atoms with Crippen LogP contribution in [-0.4, -0.2) is 31.4 Å². The Bertz CT molecular complexity index is 441. The van der Waals surface area contributed by atoms with E-state index in [1.165, 1.54) is 0 Å². The van der Waals surface area contributed by atoms with Crippen molar-refractivity contribution in [2.24, 2.45) is 0 Å². The lowest BCUT2D eigenvalue weighted by molar-refractivity contribution is -0.129. The van der Waals surface area contributed by atoms with Crippen molar-refractivity contribution >= 4 is 11.8 Å². The minimum Gasteiger partial charge on any atom is -0.357 e. The predicted octanol–water partition coefficient (Wildman–Crippen LogP) is 0.342. The second-order valence-electron chi connectivity index (χ2n) is 4.62. The van der Waals surface area contributed by atoms with Gasteiger partial charge in [-0.25, -0.2) is 0 Å². The maximum absolute atomic E-state index is 12.1. The Morgan fingerprint density at radius 3 is 2.63 bits per heavy atom. The summed E-state index contributed by atoms with van der Waals surface area (Å²) in [6, 6.07) is 8.43. The molecule has 5 nitrogen and oxygen atoms in total. The van der Waals surface area contributed by atoms with Crippen molar-refractivity contribution in [3.05, 3.63) is 35.9 Å². The summed E-state index contributed by atoms with van der Waals surface area (Å²) in [5.74, 6) is -0.326. The van der Waals surface area contributed by atoms with Crippen molar-refractivity contribution < 1.29 is 9.59 Å². The fraction of sp³-hybridized carbons (Fsp3) is 0.429. The molecule has 0 saturated carbocycles. The van der Waals surface area contributed by atoms with Gasteiger partial charge in [0.05, 0.1) is 6.04 Å². The van der Waals surface area contributed by atoms with Crippen LogP contribution in [0.1, 0.15) is 24.4 Å². The van der Waals surface area contributed by atoms with Gasteiger partial charge in [0.2, 0.25) is 11.8 Å². The molecule has 5 heteroatoms. The van der Waals surface area contributed by atoms with Crippen molar-refractivity contribution in [1.82, 2.24) is 16.0 Å². The standard InChI is InChI=1S/C14H19N3O2/c1-15-14(19)12(10-6-3-2-4-7-10)17-13(18)11-8-5-9-16-11/h2-4,6-7,11-12,16H,5,8-9H2,1H3,(H,15,19)(H,17,18). The molecule has 2 atom stereocenters. The Morgan fingerprint density at radius 2 is 2.05 bits per heavy atom. The van der Waals surface area contributed by atoms with Gasteiger partial charge < -0.3 is 16.0 Å². The van der Waals surface area contributed by atoms with Crippen LogP contribution in [0, 0.1) is 0 Å². The molecule has 0 aromatic heterocycles. The van der Waals surface area contributed by atoms with E-state index in [0.717, 1.165) is 24.9 Å². The number of likely N-dealkylation sites (N-methyl/N-ethyl adjacent to an activating group) is 1. The zero-order chi connectivity index (χ0) is 13.7. The summed E-state index contributed by atoms with van der Waals surface area (Å²) in [6.07, 6.45) is 1.81. The van der Waals surface area contributed by atoms with Gasteiger partial charge >= 0.3 is 0 Å². The molecule has 1 aromatic rings. The highest BCUT2D eigenvalue weighted by atomic mass is 16.2. The van der Waals surface area contributed by atoms with Crippen molar-refractivity contribution in [2.45, 2.75) is 24.9 Å². The third kappa shape index (κ3) is 3.32. The normalized spacial score (nSPS) is 19.7. The molecule has 2 unspecified atom stereocenters. The van der Waals surface area contributed by atoms with Crippen LogP contribution < -0.4 is 16.0 Å². The van der Waals surface area contributed by atoms with E-state index in [2.05, 4.69) is 16.0 Å². The zero-order valence-electron chi connectivity index (χ0n) is 11.0. The van der Waals surface area contributed by atoms with E-state index >= 15 is 0 Å². The summed E-state index contributed by atoms with van der Waals surface area (Å²) in [5, 5.41) is 8.52. The van der Waals surface area contributed by atoms with Crippen LogP contribution in [0.25, 0.3) is 0 Å². The molecular formula is C14H19N3O2. The van der Waals surface area contributed by atoms with Gasteiger partial charge in [-0.1, -0.05) is 30.3 Å². The number of carbonyl (C=O) groups is 2. The van der Waals surface area contributed by atoms with E-state index in [4.69, 9.17) is 0 Å². The number of benzene rings is 1. The second kappa shape index (κ2) is 6.33. The lowest BCUT2D eigenvalue weighted by atomic mass is 10.1. The summed E-state index contributed by atoms with van der Waals surface area (Å²) in [5.41, 5.74) is 0.785. The minimum atomic E-state index is -0.638. The van der Waals surface area contributed by atoms with Gasteiger partial charge in [-0.3, -0.25) is 9.59 Å². The number of nitrogens with one attached hydrogen (secondary N) is 3. The van der Waals surface area contributed by atoms with Gasteiger partial charge in [-0.15, -0.1) is 0 Å². The Labute approximate surface area is 112 Å². The molecule has 2 amide bonds. The number of amides is 2. The Balaban J connectivity index is 2.10. The molecule has 0 bridgehead atoms. The Morgan fingerprint density at radius 1 is 1.32 bits per heavy atom. The molecule has 19 heavy (non-hydrogen) atoms. The average molecular weight is 261 g/mol. The number of rotatable bonds is 4. The zero-order valence-corrected chi connectivity index (χ0v) is 11.0. The largest absolute Gasteiger partial charge is 0.357 e. The molecule has 3 N–H and O–H groups in total. The smallest absolute Gasteiger partial charge is 0.246 e. The van der Waals surface area contributed by atoms with Crippen LogP contribution >= 0.6 is 0 Å². The Hall–Kier alpha value is -1.88. The van der Waals surface area contributed by atoms with E-state index < -0.39 is 6.04 Å². The van der Waals surface area contributed by atoms with Gasteiger partial charge in [-0.2, -0.15) is 0 Å². The van der Waals surface area contributed by atoms with Crippen molar-refractivity contribution in [3.8, 4) is 0 Å². The highest BCUT2D eigenvalue weighted by Crippen LogP contribution is 2.14. The van der Waals surface area contributed by atoms with Gasteiger partial charge in [0.25, 0.3) is 0 Å². The quantitative estimate of drug-likeness (QED) is 0.732. The van der Waals surface area contributed by atoms with Gasteiger partial charge in [0.1, 0.15) is 6.04 Å². The van der Waals surface area contributed by atoms with E-state index in [0.29, 0.717) is 0 Å². The molecule has 1 saturated heterocycles. The molecule has 1 heterocycles. The maximum atomic E-state index is 12.1. The summed E-state index contributed by atoms with van der Waals surface area (Å²) in [4.78, 5) is 24.0. The second-order valence-corrected chi connectivity index (χ2v) is 4.62. The Kier molecular flexibility index (Phi) is 4.52. The van der Waals surface area contributed by atoms with Gasteiger partial charge in [0, 0.05) is 7.05 Å². The summed E-state index contributed by atoms with van der Waals surface area (Å²) in [7, 11) is 1.57. The van der Waals surface area contributed by atoms with E-state index in [-0.39, 0.29) is 17.9 Å². The molecule has 1 fully saturated rings. The lowest BCUT2D eigenvalue weighted by Crippen LogP contribution is -2.46. The third-order valence-electron chi connectivity index (χ3n) is 3.30. The minimum absolute atomic E-state index is 0.116. The predicted molar refractivity (Wildman–Crippen MR) is 72.4 cm³/mol. The molecule has 2 rings (SSSR count). The molecule has 1 aliphatic rings. The monoisotopic (exact) mass is 261 g/mol. The van der Waals surface area contributed by atoms with Crippen molar-refractivity contribution in [2.75, 3.05) is 13.6 Å². The molecular weight excluding hydrogens is 242 g/mol. The summed E-state index contributed by atoms with van der Waals surface area (Å²) in [6.45, 7) is 0.855. The van der Waals surface area contributed by atoms with Crippen LogP contribution in [0.5, 0.6) is 0 Å².